The highest BCUT2D eigenvalue weighted by Gasteiger charge is 2.10. The first-order valence-electron chi connectivity index (χ1n) is 5.08. The van der Waals surface area contributed by atoms with Crippen molar-refractivity contribution in [3.8, 4) is 0 Å². The second kappa shape index (κ2) is 3.79. The average Bonchev–Trinajstić information content (AvgIpc) is 2.59. The summed E-state index contributed by atoms with van der Waals surface area (Å²) in [4.78, 5) is 4.05. The number of rotatable bonds is 2. The Bertz CT molecular complexity index is 400. The van der Waals surface area contributed by atoms with E-state index in [1.165, 1.54) is 22.3 Å². The zero-order valence-electron chi connectivity index (χ0n) is 8.75. The van der Waals surface area contributed by atoms with Crippen LogP contribution >= 0.6 is 0 Å². The number of hydrogen-bond acceptors (Lipinski definition) is 1. The second-order valence-electron chi connectivity index (χ2n) is 3.67. The van der Waals surface area contributed by atoms with E-state index in [0.29, 0.717) is 0 Å². The van der Waals surface area contributed by atoms with Crippen molar-refractivity contribution in [1.29, 1.82) is 0 Å². The van der Waals surface area contributed by atoms with Gasteiger partial charge in [-0.05, 0) is 41.2 Å². The predicted octanol–water partition coefficient (Wildman–Crippen LogP) is 2.89. The number of aliphatic imine (C=N–C) groups is 1. The lowest BCUT2D eigenvalue weighted by Gasteiger charge is -2.01. The van der Waals surface area contributed by atoms with E-state index in [1.807, 2.05) is 13.3 Å². The van der Waals surface area contributed by atoms with Gasteiger partial charge in [-0.25, -0.2) is 0 Å². The average molecular weight is 185 g/mol. The van der Waals surface area contributed by atoms with E-state index in [-0.39, 0.29) is 0 Å². The summed E-state index contributed by atoms with van der Waals surface area (Å²) in [5.41, 5.74) is 5.54. The lowest BCUT2D eigenvalue weighted by Crippen LogP contribution is -1.88. The number of nitrogens with zero attached hydrogens (tertiary/aromatic N) is 1. The first-order chi connectivity index (χ1) is 6.83. The van der Waals surface area contributed by atoms with Crippen LogP contribution in [-0.4, -0.2) is 13.3 Å². The van der Waals surface area contributed by atoms with Gasteiger partial charge in [0.25, 0.3) is 0 Å². The third-order valence-electron chi connectivity index (χ3n) is 2.65. The summed E-state index contributed by atoms with van der Waals surface area (Å²) in [6, 6.07) is 6.73. The fourth-order valence-corrected chi connectivity index (χ4v) is 1.89. The Labute approximate surface area is 85.2 Å². The maximum Gasteiger partial charge on any atom is 0.0277 e. The minimum atomic E-state index is 1.04. The molecule has 0 saturated carbocycles. The van der Waals surface area contributed by atoms with Gasteiger partial charge in [0.1, 0.15) is 0 Å². The van der Waals surface area contributed by atoms with E-state index in [1.54, 1.807) is 0 Å². The Hall–Kier alpha value is -1.37. The van der Waals surface area contributed by atoms with Gasteiger partial charge < -0.3 is 0 Å². The summed E-state index contributed by atoms with van der Waals surface area (Å²) in [6.45, 7) is 2.19. The number of aryl methyl sites for hydroxylation is 1. The number of hydrogen-bond donors (Lipinski definition) is 0. The smallest absolute Gasteiger partial charge is 0.0277 e. The molecule has 72 valence electrons. The summed E-state index contributed by atoms with van der Waals surface area (Å²) in [5.74, 6) is 0. The van der Waals surface area contributed by atoms with Gasteiger partial charge in [-0.3, -0.25) is 4.99 Å². The molecule has 1 aromatic rings. The van der Waals surface area contributed by atoms with Gasteiger partial charge >= 0.3 is 0 Å². The molecule has 1 aliphatic rings. The molecule has 0 atom stereocenters. The van der Waals surface area contributed by atoms with Gasteiger partial charge in [0.15, 0.2) is 0 Å². The van der Waals surface area contributed by atoms with Gasteiger partial charge in [0.05, 0.1) is 0 Å². The topological polar surface area (TPSA) is 12.4 Å². The van der Waals surface area contributed by atoms with E-state index in [4.69, 9.17) is 0 Å². The van der Waals surface area contributed by atoms with Crippen molar-refractivity contribution in [2.24, 2.45) is 4.99 Å². The highest BCUT2D eigenvalue weighted by Crippen LogP contribution is 2.25. The number of allylic oxidation sites excluding steroid dienone is 1. The summed E-state index contributed by atoms with van der Waals surface area (Å²) < 4.78 is 0. The van der Waals surface area contributed by atoms with Crippen LogP contribution in [0.3, 0.4) is 0 Å². The third-order valence-corrected chi connectivity index (χ3v) is 2.65. The molecule has 1 aliphatic carbocycles. The Morgan fingerprint density at radius 1 is 1.43 bits per heavy atom. The maximum absolute atomic E-state index is 4.05. The molecule has 0 bridgehead atoms. The zero-order chi connectivity index (χ0) is 9.97. The Morgan fingerprint density at radius 2 is 2.29 bits per heavy atom. The maximum atomic E-state index is 4.05. The first kappa shape index (κ1) is 9.20. The summed E-state index contributed by atoms with van der Waals surface area (Å²) in [7, 11) is 1.82. The van der Waals surface area contributed by atoms with Crippen LogP contribution in [0.15, 0.2) is 28.8 Å². The Balaban J connectivity index is 2.30. The first-order valence-corrected chi connectivity index (χ1v) is 5.08. The highest BCUT2D eigenvalue weighted by molar-refractivity contribution is 5.89. The number of benzene rings is 1. The zero-order valence-corrected chi connectivity index (χ0v) is 8.75. The van der Waals surface area contributed by atoms with E-state index in [2.05, 4.69) is 36.2 Å². The van der Waals surface area contributed by atoms with Gasteiger partial charge in [-0.2, -0.15) is 0 Å². The Morgan fingerprint density at radius 3 is 3.00 bits per heavy atom. The fraction of sp³-hybridized carbons (Fsp3) is 0.308. The van der Waals surface area contributed by atoms with E-state index in [9.17, 15) is 0 Å². The van der Waals surface area contributed by atoms with Crippen LogP contribution in [-0.2, 0) is 12.8 Å². The quantitative estimate of drug-likeness (QED) is 0.628. The van der Waals surface area contributed by atoms with Crippen LogP contribution in [0.25, 0.3) is 6.08 Å². The molecule has 0 spiro atoms. The van der Waals surface area contributed by atoms with Crippen LogP contribution in [0, 0.1) is 0 Å². The molecule has 0 aromatic heterocycles. The van der Waals surface area contributed by atoms with Crippen molar-refractivity contribution in [2.75, 3.05) is 7.05 Å². The van der Waals surface area contributed by atoms with Gasteiger partial charge in [-0.15, -0.1) is 0 Å². The standard InChI is InChI=1S/C13H15N/c1-3-10-4-5-12-7-11(9-14-2)8-13(12)6-10/h4-7,9H,3,8H2,1-2H3/b14-9+. The molecule has 0 saturated heterocycles. The van der Waals surface area contributed by atoms with E-state index >= 15 is 0 Å². The molecule has 2 rings (SSSR count). The van der Waals surface area contributed by atoms with Crippen LogP contribution in [0.4, 0.5) is 0 Å². The Kier molecular flexibility index (Phi) is 2.49. The highest BCUT2D eigenvalue weighted by atomic mass is 14.6. The van der Waals surface area contributed by atoms with Gasteiger partial charge in [-0.1, -0.05) is 25.1 Å². The molecule has 1 aromatic carbocycles. The van der Waals surface area contributed by atoms with Crippen molar-refractivity contribution in [3.63, 3.8) is 0 Å². The summed E-state index contributed by atoms with van der Waals surface area (Å²) >= 11 is 0. The molecule has 1 nitrogen and oxygen atoms in total. The number of fused-ring (bicyclic) bond motifs is 1. The van der Waals surface area contributed by atoms with Crippen LogP contribution in [0.2, 0.25) is 0 Å². The largest absolute Gasteiger partial charge is 0.296 e. The van der Waals surface area contributed by atoms with E-state index < -0.39 is 0 Å². The van der Waals surface area contributed by atoms with Gasteiger partial charge in [0.2, 0.25) is 0 Å². The molecule has 0 amide bonds. The molecule has 0 aliphatic heterocycles. The summed E-state index contributed by atoms with van der Waals surface area (Å²) in [5, 5.41) is 0. The van der Waals surface area contributed by atoms with Crippen molar-refractivity contribution in [3.05, 3.63) is 40.5 Å². The molecule has 14 heavy (non-hydrogen) atoms. The molecule has 0 N–H and O–H groups in total. The lowest BCUT2D eigenvalue weighted by molar-refractivity contribution is 1.12. The monoisotopic (exact) mass is 185 g/mol. The molecular formula is C13H15N. The fourth-order valence-electron chi connectivity index (χ4n) is 1.89. The van der Waals surface area contributed by atoms with Crippen molar-refractivity contribution in [1.82, 2.24) is 0 Å². The van der Waals surface area contributed by atoms with E-state index in [0.717, 1.165) is 12.8 Å². The molecule has 0 unspecified atom stereocenters. The minimum Gasteiger partial charge on any atom is -0.296 e. The van der Waals surface area contributed by atoms with Crippen molar-refractivity contribution < 1.29 is 0 Å². The minimum absolute atomic E-state index is 1.04. The van der Waals surface area contributed by atoms with Crippen molar-refractivity contribution >= 4 is 12.3 Å². The molecule has 0 heterocycles. The normalized spacial score (nSPS) is 14.6. The van der Waals surface area contributed by atoms with Crippen LogP contribution in [0.5, 0.6) is 0 Å². The van der Waals surface area contributed by atoms with Crippen LogP contribution < -0.4 is 0 Å². The molecule has 0 fully saturated rings. The third kappa shape index (κ3) is 1.63. The molecular weight excluding hydrogens is 170 g/mol. The second-order valence-corrected chi connectivity index (χ2v) is 3.67. The van der Waals surface area contributed by atoms with Gasteiger partial charge in [0, 0.05) is 13.3 Å². The molecule has 0 radical (unpaired) electrons. The lowest BCUT2D eigenvalue weighted by atomic mass is 10.0. The SMILES string of the molecule is CCc1ccc2c(c1)CC(/C=N/C)=C2. The van der Waals surface area contributed by atoms with Crippen molar-refractivity contribution in [2.45, 2.75) is 19.8 Å². The molecule has 1 heteroatoms. The summed E-state index contributed by atoms with van der Waals surface area (Å²) in [6.07, 6.45) is 6.33. The van der Waals surface area contributed by atoms with Crippen LogP contribution in [0.1, 0.15) is 23.6 Å². The predicted molar refractivity (Wildman–Crippen MR) is 61.9 cm³/mol.